The number of unbranched alkanes of at least 4 members (excludes halogenated alkanes) is 3. The van der Waals surface area contributed by atoms with Crippen LogP contribution in [0.3, 0.4) is 0 Å². The Kier molecular flexibility index (Phi) is 8.95. The Morgan fingerprint density at radius 2 is 1.50 bits per heavy atom. The van der Waals surface area contributed by atoms with Crippen molar-refractivity contribution in [3.63, 3.8) is 0 Å². The SMILES string of the molecule is CCN(CC)CCCCCCNc1nc(-c2ccc3ccccc3c2)nc2cc(OC)c(OC)cc12. The van der Waals surface area contributed by atoms with Gasteiger partial charge in [0.1, 0.15) is 5.82 Å². The van der Waals surface area contributed by atoms with E-state index < -0.39 is 0 Å². The molecule has 0 spiro atoms. The molecule has 1 N–H and O–H groups in total. The molecule has 0 radical (unpaired) electrons. The predicted molar refractivity (Wildman–Crippen MR) is 150 cm³/mol. The van der Waals surface area contributed by atoms with Gasteiger partial charge in [0.2, 0.25) is 0 Å². The Balaban J connectivity index is 1.56. The quantitative estimate of drug-likeness (QED) is 0.210. The van der Waals surface area contributed by atoms with Gasteiger partial charge >= 0.3 is 0 Å². The summed E-state index contributed by atoms with van der Waals surface area (Å²) in [5, 5.41) is 6.89. The lowest BCUT2D eigenvalue weighted by Crippen LogP contribution is -2.23. The smallest absolute Gasteiger partial charge is 0.162 e. The lowest BCUT2D eigenvalue weighted by molar-refractivity contribution is 0.295. The molecule has 0 bridgehead atoms. The molecule has 0 aliphatic rings. The number of hydrogen-bond acceptors (Lipinski definition) is 6. The standard InChI is InChI=1S/C30H38N4O2/c1-5-34(6-2)18-12-8-7-11-17-31-30-25-20-27(35-3)28(36-4)21-26(25)32-29(33-30)24-16-15-22-13-9-10-14-23(22)19-24/h9-10,13-16,19-21H,5-8,11-12,17-18H2,1-4H3,(H,31,32,33). The molecule has 1 heterocycles. The van der Waals surface area contributed by atoms with E-state index in [1.54, 1.807) is 14.2 Å². The summed E-state index contributed by atoms with van der Waals surface area (Å²) in [6.45, 7) is 8.78. The molecular formula is C30H38N4O2. The highest BCUT2D eigenvalue weighted by molar-refractivity contribution is 5.94. The summed E-state index contributed by atoms with van der Waals surface area (Å²) >= 11 is 0. The van der Waals surface area contributed by atoms with Crippen LogP contribution >= 0.6 is 0 Å². The summed E-state index contributed by atoms with van der Waals surface area (Å²) in [5.41, 5.74) is 1.82. The maximum absolute atomic E-state index is 5.56. The molecule has 0 amide bonds. The number of hydrogen-bond donors (Lipinski definition) is 1. The Bertz CT molecular complexity index is 1290. The second-order valence-corrected chi connectivity index (χ2v) is 9.05. The zero-order valence-electron chi connectivity index (χ0n) is 22.0. The largest absolute Gasteiger partial charge is 0.493 e. The number of benzene rings is 3. The zero-order chi connectivity index (χ0) is 25.3. The molecule has 0 aliphatic carbocycles. The molecule has 4 aromatic rings. The van der Waals surface area contributed by atoms with Gasteiger partial charge in [-0.25, -0.2) is 9.97 Å². The second-order valence-electron chi connectivity index (χ2n) is 9.05. The molecule has 0 fully saturated rings. The van der Waals surface area contributed by atoms with E-state index in [9.17, 15) is 0 Å². The van der Waals surface area contributed by atoms with Gasteiger partial charge in [0.05, 0.1) is 19.7 Å². The third-order valence-electron chi connectivity index (χ3n) is 6.80. The van der Waals surface area contributed by atoms with Crippen LogP contribution in [-0.4, -0.2) is 55.3 Å². The van der Waals surface area contributed by atoms with Crippen molar-refractivity contribution in [2.45, 2.75) is 39.5 Å². The monoisotopic (exact) mass is 486 g/mol. The molecule has 6 heteroatoms. The number of anilines is 1. The van der Waals surface area contributed by atoms with E-state index in [2.05, 4.69) is 66.5 Å². The molecule has 3 aromatic carbocycles. The van der Waals surface area contributed by atoms with Gasteiger partial charge in [-0.15, -0.1) is 0 Å². The maximum atomic E-state index is 5.56. The molecule has 0 unspecified atom stereocenters. The van der Waals surface area contributed by atoms with Crippen LogP contribution in [-0.2, 0) is 0 Å². The van der Waals surface area contributed by atoms with E-state index in [1.165, 1.54) is 36.6 Å². The Labute approximate surface area is 214 Å². The minimum absolute atomic E-state index is 0.660. The number of nitrogens with one attached hydrogen (secondary N) is 1. The van der Waals surface area contributed by atoms with Crippen molar-refractivity contribution in [3.05, 3.63) is 54.6 Å². The number of nitrogens with zero attached hydrogens (tertiary/aromatic N) is 3. The van der Waals surface area contributed by atoms with Gasteiger partial charge in [-0.05, 0) is 55.4 Å². The van der Waals surface area contributed by atoms with E-state index >= 15 is 0 Å². The van der Waals surface area contributed by atoms with Crippen LogP contribution in [0.4, 0.5) is 5.82 Å². The molecule has 4 rings (SSSR count). The van der Waals surface area contributed by atoms with Crippen LogP contribution < -0.4 is 14.8 Å². The molecule has 0 saturated heterocycles. The first kappa shape index (κ1) is 25.7. The first-order valence-corrected chi connectivity index (χ1v) is 13.1. The van der Waals surface area contributed by atoms with E-state index in [0.29, 0.717) is 17.3 Å². The number of rotatable bonds is 13. The Hall–Kier alpha value is -3.38. The van der Waals surface area contributed by atoms with Gasteiger partial charge in [-0.2, -0.15) is 0 Å². The lowest BCUT2D eigenvalue weighted by atomic mass is 10.1. The van der Waals surface area contributed by atoms with Gasteiger partial charge in [-0.1, -0.05) is 63.1 Å². The molecule has 0 aliphatic heterocycles. The second kappa shape index (κ2) is 12.5. The summed E-state index contributed by atoms with van der Waals surface area (Å²) in [7, 11) is 3.30. The van der Waals surface area contributed by atoms with Gasteiger partial charge in [0.25, 0.3) is 0 Å². The average Bonchev–Trinajstić information content (AvgIpc) is 2.93. The summed E-state index contributed by atoms with van der Waals surface area (Å²) in [6.07, 6.45) is 4.80. The normalized spacial score (nSPS) is 11.4. The van der Waals surface area contributed by atoms with Crippen molar-refractivity contribution in [1.29, 1.82) is 0 Å². The van der Waals surface area contributed by atoms with E-state index in [-0.39, 0.29) is 0 Å². The lowest BCUT2D eigenvalue weighted by Gasteiger charge is -2.17. The zero-order valence-corrected chi connectivity index (χ0v) is 22.0. The van der Waals surface area contributed by atoms with Crippen LogP contribution in [0.15, 0.2) is 54.6 Å². The maximum Gasteiger partial charge on any atom is 0.162 e. The van der Waals surface area contributed by atoms with Gasteiger partial charge in [0, 0.05) is 23.6 Å². The van der Waals surface area contributed by atoms with Crippen LogP contribution in [0, 0.1) is 0 Å². The number of ether oxygens (including phenoxy) is 2. The van der Waals surface area contributed by atoms with Crippen molar-refractivity contribution in [2.24, 2.45) is 0 Å². The first-order valence-electron chi connectivity index (χ1n) is 13.1. The topological polar surface area (TPSA) is 59.5 Å². The van der Waals surface area contributed by atoms with E-state index in [0.717, 1.165) is 48.3 Å². The minimum Gasteiger partial charge on any atom is -0.493 e. The molecule has 1 aromatic heterocycles. The fourth-order valence-corrected chi connectivity index (χ4v) is 4.61. The van der Waals surface area contributed by atoms with Crippen molar-refractivity contribution in [1.82, 2.24) is 14.9 Å². The van der Waals surface area contributed by atoms with Crippen molar-refractivity contribution in [2.75, 3.05) is 45.7 Å². The Morgan fingerprint density at radius 1 is 0.778 bits per heavy atom. The highest BCUT2D eigenvalue weighted by atomic mass is 16.5. The molecule has 190 valence electrons. The molecule has 0 saturated carbocycles. The molecule has 6 nitrogen and oxygen atoms in total. The minimum atomic E-state index is 0.660. The molecule has 36 heavy (non-hydrogen) atoms. The number of aromatic nitrogens is 2. The Morgan fingerprint density at radius 3 is 2.25 bits per heavy atom. The van der Waals surface area contributed by atoms with Gasteiger partial charge < -0.3 is 19.7 Å². The van der Waals surface area contributed by atoms with Crippen LogP contribution in [0.2, 0.25) is 0 Å². The first-order chi connectivity index (χ1) is 17.7. The number of methoxy groups -OCH3 is 2. The van der Waals surface area contributed by atoms with E-state index in [1.807, 2.05) is 12.1 Å². The summed E-state index contributed by atoms with van der Waals surface area (Å²) in [5.74, 6) is 2.85. The molecule has 0 atom stereocenters. The summed E-state index contributed by atoms with van der Waals surface area (Å²) in [4.78, 5) is 12.4. The summed E-state index contributed by atoms with van der Waals surface area (Å²) in [6, 6.07) is 18.6. The van der Waals surface area contributed by atoms with Crippen molar-refractivity contribution >= 4 is 27.5 Å². The fraction of sp³-hybridized carbons (Fsp3) is 0.400. The molecular weight excluding hydrogens is 448 g/mol. The third kappa shape index (κ3) is 6.05. The van der Waals surface area contributed by atoms with Crippen LogP contribution in [0.25, 0.3) is 33.1 Å². The van der Waals surface area contributed by atoms with Gasteiger partial charge in [0.15, 0.2) is 17.3 Å². The highest BCUT2D eigenvalue weighted by Crippen LogP contribution is 2.35. The predicted octanol–water partition coefficient (Wildman–Crippen LogP) is 6.78. The van der Waals surface area contributed by atoms with Crippen LogP contribution in [0.5, 0.6) is 11.5 Å². The van der Waals surface area contributed by atoms with E-state index in [4.69, 9.17) is 19.4 Å². The number of fused-ring (bicyclic) bond motifs is 2. The third-order valence-corrected chi connectivity index (χ3v) is 6.80. The highest BCUT2D eigenvalue weighted by Gasteiger charge is 2.14. The summed E-state index contributed by atoms with van der Waals surface area (Å²) < 4.78 is 11.1. The average molecular weight is 487 g/mol. The van der Waals surface area contributed by atoms with Crippen LogP contribution in [0.1, 0.15) is 39.5 Å². The van der Waals surface area contributed by atoms with Crippen molar-refractivity contribution < 1.29 is 9.47 Å². The fourth-order valence-electron chi connectivity index (χ4n) is 4.61. The van der Waals surface area contributed by atoms with Crippen molar-refractivity contribution in [3.8, 4) is 22.9 Å². The van der Waals surface area contributed by atoms with Gasteiger partial charge in [-0.3, -0.25) is 0 Å².